The number of nitrogens with two attached hydrogens (primary N) is 1. The van der Waals surface area contributed by atoms with E-state index in [4.69, 9.17) is 5.84 Å². The van der Waals surface area contributed by atoms with Crippen LogP contribution in [-0.2, 0) is 0 Å². The van der Waals surface area contributed by atoms with Crippen LogP contribution in [0.15, 0.2) is 12.3 Å². The van der Waals surface area contributed by atoms with Gasteiger partial charge in [0.05, 0.1) is 0 Å². The smallest absolute Gasteiger partial charge is 0.0243 e. The van der Waals surface area contributed by atoms with Crippen molar-refractivity contribution in [1.29, 1.82) is 0 Å². The third-order valence-corrected chi connectivity index (χ3v) is 1.62. The Hall–Kier alpha value is 0.330. The fraction of sp³-hybridized carbons (Fsp3) is 0.500. The van der Waals surface area contributed by atoms with Crippen LogP contribution in [0.1, 0.15) is 6.42 Å². The summed E-state index contributed by atoms with van der Waals surface area (Å²) in [5.41, 5.74) is 0. The molecule has 0 unspecified atom stereocenters. The molecule has 0 atom stereocenters. The van der Waals surface area contributed by atoms with Crippen LogP contribution in [0.2, 0.25) is 0 Å². The predicted molar refractivity (Wildman–Crippen MR) is 42.6 cm³/mol. The molecule has 4 heteroatoms. The van der Waals surface area contributed by atoms with Gasteiger partial charge in [0, 0.05) is 12.0 Å². The Morgan fingerprint density at radius 3 is 2.62 bits per heavy atom. The minimum atomic E-state index is 0. The summed E-state index contributed by atoms with van der Waals surface area (Å²) in [5.74, 6) is 6.46. The van der Waals surface area contributed by atoms with E-state index in [1.54, 1.807) is 16.4 Å². The fourth-order valence-electron chi connectivity index (χ4n) is 0.448. The van der Waals surface area contributed by atoms with Gasteiger partial charge in [-0.25, -0.2) is 5.84 Å². The Labute approximate surface area is 64.0 Å². The second kappa shape index (κ2) is 4.23. The van der Waals surface area contributed by atoms with Crippen LogP contribution < -0.4 is 5.84 Å². The normalized spacial score (nSPS) is 17.9. The molecular weight excluding hydrogens is 188 g/mol. The number of hydrazine groups is 1. The van der Waals surface area contributed by atoms with Gasteiger partial charge in [-0.15, -0.1) is 17.0 Å². The summed E-state index contributed by atoms with van der Waals surface area (Å²) in [6.45, 7) is 0. The Balaban J connectivity index is 0.000000490. The van der Waals surface area contributed by atoms with Gasteiger partial charge in [-0.3, -0.25) is 4.41 Å². The Kier molecular flexibility index (Phi) is 4.41. The molecule has 1 rings (SSSR count). The lowest BCUT2D eigenvalue weighted by molar-refractivity contribution is 0.659. The van der Waals surface area contributed by atoms with Crippen LogP contribution in [0.5, 0.6) is 0 Å². The first-order chi connectivity index (χ1) is 3.39. The number of hydrogen-bond acceptors (Lipinski definition) is 3. The summed E-state index contributed by atoms with van der Waals surface area (Å²) in [7, 11) is 0. The summed E-state index contributed by atoms with van der Waals surface area (Å²) < 4.78 is 1.63. The number of allylic oxidation sites excluding steroid dienone is 1. The standard InChI is InChI=1S/C4H8N2S.BrH/c5-6-3-1-2-4-7-6;/h1,3H,2,4-5H2;1H. The maximum absolute atomic E-state index is 5.34. The van der Waals surface area contributed by atoms with Crippen LogP contribution >= 0.6 is 28.9 Å². The molecule has 2 nitrogen and oxygen atoms in total. The van der Waals surface area contributed by atoms with Crippen LogP contribution in [-0.4, -0.2) is 10.2 Å². The lowest BCUT2D eigenvalue weighted by Gasteiger charge is -2.14. The molecule has 0 radical (unpaired) electrons. The van der Waals surface area contributed by atoms with Crippen molar-refractivity contribution in [1.82, 2.24) is 4.41 Å². The minimum absolute atomic E-state index is 0. The Bertz CT molecular complexity index is 86.1. The second-order valence-corrected chi connectivity index (χ2v) is 2.45. The first-order valence-electron chi connectivity index (χ1n) is 2.23. The largest absolute Gasteiger partial charge is 0.261 e. The fourth-order valence-corrected chi connectivity index (χ4v) is 1.07. The van der Waals surface area contributed by atoms with Gasteiger partial charge in [0.15, 0.2) is 0 Å². The van der Waals surface area contributed by atoms with Crippen molar-refractivity contribution in [2.75, 3.05) is 5.75 Å². The highest BCUT2D eigenvalue weighted by Gasteiger charge is 1.95. The van der Waals surface area contributed by atoms with Crippen molar-refractivity contribution in [3.63, 3.8) is 0 Å². The minimum Gasteiger partial charge on any atom is -0.261 e. The van der Waals surface area contributed by atoms with Gasteiger partial charge in [0.25, 0.3) is 0 Å². The van der Waals surface area contributed by atoms with E-state index in [0.29, 0.717) is 0 Å². The van der Waals surface area contributed by atoms with Gasteiger partial charge in [-0.05, 0) is 18.4 Å². The molecular formula is C4H9BrN2S. The summed E-state index contributed by atoms with van der Waals surface area (Å²) in [6, 6.07) is 0. The van der Waals surface area contributed by atoms with E-state index in [1.165, 1.54) is 0 Å². The van der Waals surface area contributed by atoms with Crippen LogP contribution in [0.4, 0.5) is 0 Å². The average Bonchev–Trinajstić information content (AvgIpc) is 1.69. The summed E-state index contributed by atoms with van der Waals surface area (Å²) >= 11 is 1.64. The lowest BCUT2D eigenvalue weighted by Crippen LogP contribution is -2.18. The molecule has 8 heavy (non-hydrogen) atoms. The average molecular weight is 197 g/mol. The molecule has 2 N–H and O–H groups in total. The molecule has 1 aliphatic heterocycles. The molecule has 1 heterocycles. The van der Waals surface area contributed by atoms with Gasteiger partial charge >= 0.3 is 0 Å². The van der Waals surface area contributed by atoms with E-state index in [0.717, 1.165) is 12.2 Å². The molecule has 48 valence electrons. The number of hydrogen-bond donors (Lipinski definition) is 1. The second-order valence-electron chi connectivity index (χ2n) is 1.37. The van der Waals surface area contributed by atoms with Gasteiger partial charge in [0.2, 0.25) is 0 Å². The summed E-state index contributed by atoms with van der Waals surface area (Å²) in [6.07, 6.45) is 5.10. The lowest BCUT2D eigenvalue weighted by atomic mass is 10.5. The van der Waals surface area contributed by atoms with Gasteiger partial charge < -0.3 is 0 Å². The molecule has 0 aromatic carbocycles. The quantitative estimate of drug-likeness (QED) is 0.469. The van der Waals surface area contributed by atoms with Crippen molar-refractivity contribution in [3.8, 4) is 0 Å². The van der Waals surface area contributed by atoms with E-state index < -0.39 is 0 Å². The van der Waals surface area contributed by atoms with Crippen LogP contribution in [0.25, 0.3) is 0 Å². The predicted octanol–water partition coefficient (Wildman–Crippen LogP) is 1.31. The zero-order chi connectivity index (χ0) is 5.11. The molecule has 0 saturated heterocycles. The third kappa shape index (κ3) is 2.59. The zero-order valence-corrected chi connectivity index (χ0v) is 6.94. The first kappa shape index (κ1) is 8.33. The van der Waals surface area contributed by atoms with E-state index in [-0.39, 0.29) is 17.0 Å². The van der Waals surface area contributed by atoms with E-state index >= 15 is 0 Å². The topological polar surface area (TPSA) is 29.3 Å². The van der Waals surface area contributed by atoms with Crippen molar-refractivity contribution in [3.05, 3.63) is 12.3 Å². The SMILES string of the molecule is Br.NN1C=CCCS1. The Morgan fingerprint density at radius 1 is 1.62 bits per heavy atom. The molecule has 0 aromatic heterocycles. The first-order valence-corrected chi connectivity index (χ1v) is 3.17. The van der Waals surface area contributed by atoms with Gasteiger partial charge in [-0.2, -0.15) is 0 Å². The van der Waals surface area contributed by atoms with Crippen LogP contribution in [0.3, 0.4) is 0 Å². The number of nitrogens with zero attached hydrogens (tertiary/aromatic N) is 1. The van der Waals surface area contributed by atoms with Gasteiger partial charge in [0.1, 0.15) is 0 Å². The zero-order valence-electron chi connectivity index (χ0n) is 4.41. The highest BCUT2D eigenvalue weighted by molar-refractivity contribution is 8.93. The van der Waals surface area contributed by atoms with E-state index in [9.17, 15) is 0 Å². The summed E-state index contributed by atoms with van der Waals surface area (Å²) in [4.78, 5) is 0. The monoisotopic (exact) mass is 196 g/mol. The maximum atomic E-state index is 5.34. The van der Waals surface area contributed by atoms with Crippen molar-refractivity contribution < 1.29 is 0 Å². The molecule has 0 spiro atoms. The van der Waals surface area contributed by atoms with Crippen molar-refractivity contribution >= 4 is 28.9 Å². The Morgan fingerprint density at radius 2 is 2.38 bits per heavy atom. The summed E-state index contributed by atoms with van der Waals surface area (Å²) in [5, 5.41) is 0. The maximum Gasteiger partial charge on any atom is 0.0243 e. The molecule has 0 aliphatic carbocycles. The molecule has 0 amide bonds. The number of rotatable bonds is 0. The number of halogens is 1. The molecule has 0 fully saturated rings. The molecule has 1 aliphatic rings. The van der Waals surface area contributed by atoms with E-state index in [2.05, 4.69) is 6.08 Å². The highest BCUT2D eigenvalue weighted by Crippen LogP contribution is 2.11. The highest BCUT2D eigenvalue weighted by atomic mass is 79.9. The molecule has 0 saturated carbocycles. The third-order valence-electron chi connectivity index (χ3n) is 0.777. The van der Waals surface area contributed by atoms with Crippen molar-refractivity contribution in [2.45, 2.75) is 6.42 Å². The molecule has 0 bridgehead atoms. The van der Waals surface area contributed by atoms with Crippen molar-refractivity contribution in [2.24, 2.45) is 5.84 Å². The molecule has 0 aromatic rings. The van der Waals surface area contributed by atoms with Gasteiger partial charge in [-0.1, -0.05) is 6.08 Å². The van der Waals surface area contributed by atoms with Crippen LogP contribution in [0, 0.1) is 0 Å². The van der Waals surface area contributed by atoms with E-state index in [1.807, 2.05) is 6.20 Å².